The number of aryl methyl sites for hydroxylation is 1. The van der Waals surface area contributed by atoms with Gasteiger partial charge in [-0.05, 0) is 24.6 Å². The molecule has 2 rings (SSSR count). The van der Waals surface area contributed by atoms with Crippen molar-refractivity contribution in [2.24, 2.45) is 0 Å². The SMILES string of the molecule is Cc1ccc(S(=O)(=O)CCNC(=O)CNC(=O)OCc2ccccc2)cc1. The fourth-order valence-corrected chi connectivity index (χ4v) is 3.33. The summed E-state index contributed by atoms with van der Waals surface area (Å²) < 4.78 is 29.3. The lowest BCUT2D eigenvalue weighted by atomic mass is 10.2. The number of carbonyl (C=O) groups is 2. The fourth-order valence-electron chi connectivity index (χ4n) is 2.18. The molecule has 7 nitrogen and oxygen atoms in total. The molecule has 0 radical (unpaired) electrons. The Bertz CT molecular complexity index is 865. The van der Waals surface area contributed by atoms with Crippen molar-refractivity contribution in [3.05, 3.63) is 65.7 Å². The van der Waals surface area contributed by atoms with Crippen molar-refractivity contribution in [3.8, 4) is 0 Å². The predicted octanol–water partition coefficient (Wildman–Crippen LogP) is 1.81. The van der Waals surface area contributed by atoms with Gasteiger partial charge in [0.15, 0.2) is 9.84 Å². The van der Waals surface area contributed by atoms with E-state index in [0.717, 1.165) is 11.1 Å². The smallest absolute Gasteiger partial charge is 0.407 e. The summed E-state index contributed by atoms with van der Waals surface area (Å²) in [5.74, 6) is -0.717. The van der Waals surface area contributed by atoms with Crippen LogP contribution in [-0.2, 0) is 26.0 Å². The van der Waals surface area contributed by atoms with Gasteiger partial charge in [0.05, 0.1) is 17.2 Å². The molecule has 0 saturated heterocycles. The molecule has 144 valence electrons. The molecule has 0 aromatic heterocycles. The van der Waals surface area contributed by atoms with Crippen LogP contribution in [0.2, 0.25) is 0 Å². The van der Waals surface area contributed by atoms with Crippen molar-refractivity contribution in [2.75, 3.05) is 18.8 Å². The number of carbonyl (C=O) groups excluding carboxylic acids is 2. The highest BCUT2D eigenvalue weighted by atomic mass is 32.2. The largest absolute Gasteiger partial charge is 0.445 e. The van der Waals surface area contributed by atoms with Crippen molar-refractivity contribution >= 4 is 21.8 Å². The van der Waals surface area contributed by atoms with Crippen LogP contribution >= 0.6 is 0 Å². The second kappa shape index (κ2) is 9.72. The van der Waals surface area contributed by atoms with E-state index in [4.69, 9.17) is 4.74 Å². The first kappa shape index (κ1) is 20.4. The van der Waals surface area contributed by atoms with Gasteiger partial charge >= 0.3 is 6.09 Å². The topological polar surface area (TPSA) is 102 Å². The maximum Gasteiger partial charge on any atom is 0.407 e. The molecule has 0 fully saturated rings. The zero-order chi connectivity index (χ0) is 19.7. The van der Waals surface area contributed by atoms with E-state index in [1.165, 1.54) is 12.1 Å². The van der Waals surface area contributed by atoms with Crippen LogP contribution in [0.5, 0.6) is 0 Å². The number of alkyl carbamates (subject to hydrolysis) is 1. The Morgan fingerprint density at radius 3 is 2.30 bits per heavy atom. The van der Waals surface area contributed by atoms with Crippen LogP contribution in [0, 0.1) is 6.92 Å². The molecule has 0 unspecified atom stereocenters. The maximum absolute atomic E-state index is 12.2. The highest BCUT2D eigenvalue weighted by molar-refractivity contribution is 7.91. The first-order valence-corrected chi connectivity index (χ1v) is 10.0. The minimum atomic E-state index is -3.47. The van der Waals surface area contributed by atoms with E-state index in [2.05, 4.69) is 10.6 Å². The van der Waals surface area contributed by atoms with Crippen molar-refractivity contribution in [3.63, 3.8) is 0 Å². The molecule has 8 heteroatoms. The van der Waals surface area contributed by atoms with Gasteiger partial charge in [0.1, 0.15) is 6.61 Å². The predicted molar refractivity (Wildman–Crippen MR) is 101 cm³/mol. The third-order valence-electron chi connectivity index (χ3n) is 3.68. The van der Waals surface area contributed by atoms with Crippen molar-refractivity contribution in [1.82, 2.24) is 10.6 Å². The minimum absolute atomic E-state index is 0.0458. The molecule has 0 atom stereocenters. The summed E-state index contributed by atoms with van der Waals surface area (Å²) in [7, 11) is -3.47. The van der Waals surface area contributed by atoms with Gasteiger partial charge < -0.3 is 15.4 Å². The first-order valence-electron chi connectivity index (χ1n) is 8.37. The first-order chi connectivity index (χ1) is 12.9. The van der Waals surface area contributed by atoms with Gasteiger partial charge in [0.2, 0.25) is 5.91 Å². The maximum atomic E-state index is 12.2. The molecule has 0 aliphatic carbocycles. The van der Waals surface area contributed by atoms with Crippen LogP contribution < -0.4 is 10.6 Å². The van der Waals surface area contributed by atoms with E-state index in [0.29, 0.717) is 0 Å². The molecule has 0 bridgehead atoms. The number of amides is 2. The highest BCUT2D eigenvalue weighted by Crippen LogP contribution is 2.11. The Morgan fingerprint density at radius 1 is 0.963 bits per heavy atom. The molecule has 0 heterocycles. The Morgan fingerprint density at radius 2 is 1.63 bits per heavy atom. The molecule has 2 amide bonds. The normalized spacial score (nSPS) is 10.9. The zero-order valence-electron chi connectivity index (χ0n) is 15.0. The van der Waals surface area contributed by atoms with Crippen LogP contribution in [0.4, 0.5) is 4.79 Å². The molecule has 0 aliphatic heterocycles. The van der Waals surface area contributed by atoms with E-state index in [9.17, 15) is 18.0 Å². The highest BCUT2D eigenvalue weighted by Gasteiger charge is 2.14. The second-order valence-electron chi connectivity index (χ2n) is 5.90. The van der Waals surface area contributed by atoms with Crippen LogP contribution in [0.3, 0.4) is 0 Å². The lowest BCUT2D eigenvalue weighted by molar-refractivity contribution is -0.120. The molecule has 0 aliphatic rings. The van der Waals surface area contributed by atoms with Gasteiger partial charge in [0.25, 0.3) is 0 Å². The molecular weight excluding hydrogens is 368 g/mol. The van der Waals surface area contributed by atoms with Crippen molar-refractivity contribution in [2.45, 2.75) is 18.4 Å². The van der Waals surface area contributed by atoms with Crippen LogP contribution in [0.15, 0.2) is 59.5 Å². The number of nitrogens with one attached hydrogen (secondary N) is 2. The molecule has 0 spiro atoms. The molecule has 2 aromatic carbocycles. The number of hydrogen-bond acceptors (Lipinski definition) is 5. The van der Waals surface area contributed by atoms with Crippen molar-refractivity contribution < 1.29 is 22.7 Å². The second-order valence-corrected chi connectivity index (χ2v) is 8.01. The molecule has 0 saturated carbocycles. The Kier molecular flexibility index (Phi) is 7.36. The van der Waals surface area contributed by atoms with Gasteiger partial charge in [-0.3, -0.25) is 4.79 Å². The van der Waals surface area contributed by atoms with E-state index < -0.39 is 21.8 Å². The van der Waals surface area contributed by atoms with Gasteiger partial charge in [-0.25, -0.2) is 13.2 Å². The lowest BCUT2D eigenvalue weighted by Crippen LogP contribution is -2.38. The number of ether oxygens (including phenoxy) is 1. The summed E-state index contributed by atoms with van der Waals surface area (Å²) in [6.45, 7) is 1.63. The van der Waals surface area contributed by atoms with Gasteiger partial charge in [0, 0.05) is 6.54 Å². The van der Waals surface area contributed by atoms with Crippen LogP contribution in [-0.4, -0.2) is 39.3 Å². The Labute approximate surface area is 158 Å². The van der Waals surface area contributed by atoms with E-state index >= 15 is 0 Å². The average molecular weight is 390 g/mol. The fraction of sp³-hybridized carbons (Fsp3) is 0.263. The summed E-state index contributed by atoms with van der Waals surface area (Å²) in [5, 5.41) is 4.78. The van der Waals surface area contributed by atoms with Crippen LogP contribution in [0.25, 0.3) is 0 Å². The molecule has 2 aromatic rings. The summed E-state index contributed by atoms with van der Waals surface area (Å²) >= 11 is 0. The third-order valence-corrected chi connectivity index (χ3v) is 5.41. The number of rotatable bonds is 8. The number of benzene rings is 2. The quantitative estimate of drug-likeness (QED) is 0.716. The number of hydrogen-bond donors (Lipinski definition) is 2. The van der Waals surface area contributed by atoms with E-state index in [1.807, 2.05) is 37.3 Å². The number of sulfone groups is 1. The average Bonchev–Trinajstić information content (AvgIpc) is 2.66. The molecule has 2 N–H and O–H groups in total. The van der Waals surface area contributed by atoms with Gasteiger partial charge in [-0.15, -0.1) is 0 Å². The lowest BCUT2D eigenvalue weighted by Gasteiger charge is -2.09. The van der Waals surface area contributed by atoms with Gasteiger partial charge in [-0.1, -0.05) is 48.0 Å². The van der Waals surface area contributed by atoms with Gasteiger partial charge in [-0.2, -0.15) is 0 Å². The Balaban J connectivity index is 1.67. The summed E-state index contributed by atoms with van der Waals surface area (Å²) in [6.07, 6.45) is -0.721. The standard InChI is InChI=1S/C19H22N2O5S/c1-15-7-9-17(10-8-15)27(24,25)12-11-20-18(22)13-21-19(23)26-14-16-5-3-2-4-6-16/h2-10H,11-14H2,1H3,(H,20,22)(H,21,23). The third kappa shape index (κ3) is 7.10. The molecular formula is C19H22N2O5S. The monoisotopic (exact) mass is 390 g/mol. The summed E-state index contributed by atoms with van der Waals surface area (Å²) in [6, 6.07) is 15.7. The van der Waals surface area contributed by atoms with Crippen molar-refractivity contribution in [1.29, 1.82) is 0 Å². The van der Waals surface area contributed by atoms with Crippen LogP contribution in [0.1, 0.15) is 11.1 Å². The zero-order valence-corrected chi connectivity index (χ0v) is 15.8. The summed E-state index contributed by atoms with van der Waals surface area (Å²) in [4.78, 5) is 23.5. The Hall–Kier alpha value is -2.87. The minimum Gasteiger partial charge on any atom is -0.445 e. The van der Waals surface area contributed by atoms with E-state index in [1.54, 1.807) is 12.1 Å². The van der Waals surface area contributed by atoms with E-state index in [-0.39, 0.29) is 30.3 Å². The summed E-state index contributed by atoms with van der Waals surface area (Å²) in [5.41, 5.74) is 1.80. The molecule has 27 heavy (non-hydrogen) atoms.